The Morgan fingerprint density at radius 3 is 1.39 bits per heavy atom. The third-order valence-electron chi connectivity index (χ3n) is 10.8. The zero-order chi connectivity index (χ0) is 33.5. The first-order valence-electron chi connectivity index (χ1n) is 17.6. The van der Waals surface area contributed by atoms with Crippen LogP contribution in [0.25, 0.3) is 109 Å². The molecule has 0 bridgehead atoms. The van der Waals surface area contributed by atoms with Crippen molar-refractivity contribution in [1.82, 2.24) is 0 Å². The van der Waals surface area contributed by atoms with E-state index in [1.807, 2.05) is 0 Å². The minimum Gasteiger partial charge on any atom is -0.455 e. The van der Waals surface area contributed by atoms with Gasteiger partial charge in [-0.2, -0.15) is 0 Å². The molecule has 1 heterocycles. The Morgan fingerprint density at radius 1 is 0.275 bits per heavy atom. The molecule has 1 nitrogen and oxygen atoms in total. The molecule has 11 rings (SSSR count). The number of hydrogen-bond acceptors (Lipinski definition) is 1. The normalized spacial score (nSPS) is 11.9. The summed E-state index contributed by atoms with van der Waals surface area (Å²) >= 11 is 0. The SMILES string of the molecule is c1ccc(-c2ccc(-c3c4ccccc4c(-c4cc5ccccc5c5oc6c7ccccc7ccc6c45)c4ccccc34)c3ccccc23)cc1. The van der Waals surface area contributed by atoms with Crippen LogP contribution >= 0.6 is 0 Å². The molecule has 0 spiro atoms. The molecule has 0 aliphatic rings. The lowest BCUT2D eigenvalue weighted by atomic mass is 9.82. The van der Waals surface area contributed by atoms with Crippen LogP contribution < -0.4 is 0 Å². The number of fused-ring (bicyclic) bond motifs is 10. The van der Waals surface area contributed by atoms with Gasteiger partial charge in [0.2, 0.25) is 0 Å². The van der Waals surface area contributed by atoms with Gasteiger partial charge in [0.15, 0.2) is 0 Å². The summed E-state index contributed by atoms with van der Waals surface area (Å²) in [6.45, 7) is 0. The van der Waals surface area contributed by atoms with Crippen LogP contribution in [-0.4, -0.2) is 0 Å². The summed E-state index contributed by atoms with van der Waals surface area (Å²) in [4.78, 5) is 0. The Bertz CT molecular complexity index is 3130. The molecule has 0 N–H and O–H groups in total. The van der Waals surface area contributed by atoms with E-state index in [1.54, 1.807) is 0 Å². The summed E-state index contributed by atoms with van der Waals surface area (Å²) in [6.07, 6.45) is 0. The fourth-order valence-electron chi connectivity index (χ4n) is 8.63. The fraction of sp³-hybridized carbons (Fsp3) is 0. The van der Waals surface area contributed by atoms with Crippen molar-refractivity contribution in [3.8, 4) is 33.4 Å². The molecule has 1 aromatic heterocycles. The molecule has 51 heavy (non-hydrogen) atoms. The highest BCUT2D eigenvalue weighted by molar-refractivity contribution is 6.31. The molecule has 0 aliphatic carbocycles. The van der Waals surface area contributed by atoms with Gasteiger partial charge in [-0.15, -0.1) is 0 Å². The summed E-state index contributed by atoms with van der Waals surface area (Å²) < 4.78 is 6.95. The summed E-state index contributed by atoms with van der Waals surface area (Å²) in [5, 5.41) is 14.4. The van der Waals surface area contributed by atoms with E-state index in [0.717, 1.165) is 32.7 Å². The topological polar surface area (TPSA) is 13.1 Å². The summed E-state index contributed by atoms with van der Waals surface area (Å²) in [7, 11) is 0. The van der Waals surface area contributed by atoms with Crippen LogP contribution in [-0.2, 0) is 0 Å². The fourth-order valence-corrected chi connectivity index (χ4v) is 8.63. The predicted octanol–water partition coefficient (Wildman–Crippen LogP) is 14.4. The Labute approximate surface area is 294 Å². The van der Waals surface area contributed by atoms with E-state index in [-0.39, 0.29) is 0 Å². The van der Waals surface area contributed by atoms with Crippen LogP contribution in [0.15, 0.2) is 186 Å². The van der Waals surface area contributed by atoms with Crippen LogP contribution in [0.4, 0.5) is 0 Å². The lowest BCUT2D eigenvalue weighted by molar-refractivity contribution is 0.676. The van der Waals surface area contributed by atoms with Crippen molar-refractivity contribution in [2.45, 2.75) is 0 Å². The van der Waals surface area contributed by atoms with Crippen molar-refractivity contribution < 1.29 is 4.42 Å². The minimum atomic E-state index is 0.939. The van der Waals surface area contributed by atoms with E-state index >= 15 is 0 Å². The molecule has 0 aliphatic heterocycles. The summed E-state index contributed by atoms with van der Waals surface area (Å²) in [5.74, 6) is 0. The third kappa shape index (κ3) is 4.09. The van der Waals surface area contributed by atoms with Gasteiger partial charge in [0, 0.05) is 21.5 Å². The van der Waals surface area contributed by atoms with E-state index in [2.05, 4.69) is 182 Å². The van der Waals surface area contributed by atoms with Crippen LogP contribution in [0.3, 0.4) is 0 Å². The average molecular weight is 647 g/mol. The van der Waals surface area contributed by atoms with Crippen molar-refractivity contribution in [1.29, 1.82) is 0 Å². The van der Waals surface area contributed by atoms with Crippen molar-refractivity contribution >= 4 is 75.8 Å². The van der Waals surface area contributed by atoms with Crippen molar-refractivity contribution in [2.24, 2.45) is 0 Å². The average Bonchev–Trinajstić information content (AvgIpc) is 3.61. The maximum atomic E-state index is 6.95. The molecule has 0 atom stereocenters. The van der Waals surface area contributed by atoms with E-state index in [9.17, 15) is 0 Å². The van der Waals surface area contributed by atoms with Gasteiger partial charge in [-0.1, -0.05) is 170 Å². The lowest BCUT2D eigenvalue weighted by Crippen LogP contribution is -1.93. The highest BCUT2D eigenvalue weighted by Crippen LogP contribution is 2.50. The summed E-state index contributed by atoms with van der Waals surface area (Å²) in [5.41, 5.74) is 9.30. The van der Waals surface area contributed by atoms with Crippen LogP contribution in [0, 0.1) is 0 Å². The second-order valence-corrected chi connectivity index (χ2v) is 13.5. The Hall–Kier alpha value is -6.70. The van der Waals surface area contributed by atoms with E-state index in [1.165, 1.54) is 76.5 Å². The molecule has 0 fully saturated rings. The molecule has 0 saturated carbocycles. The second-order valence-electron chi connectivity index (χ2n) is 13.5. The molecule has 236 valence electrons. The van der Waals surface area contributed by atoms with Crippen LogP contribution in [0.5, 0.6) is 0 Å². The minimum absolute atomic E-state index is 0.939. The monoisotopic (exact) mass is 646 g/mol. The van der Waals surface area contributed by atoms with E-state index < -0.39 is 0 Å². The first-order valence-corrected chi connectivity index (χ1v) is 17.6. The second kappa shape index (κ2) is 10.9. The Kier molecular flexibility index (Phi) is 6.02. The number of hydrogen-bond donors (Lipinski definition) is 0. The smallest absolute Gasteiger partial charge is 0.143 e. The quantitative estimate of drug-likeness (QED) is 0.174. The van der Waals surface area contributed by atoms with Gasteiger partial charge in [-0.3, -0.25) is 0 Å². The Morgan fingerprint density at radius 2 is 0.745 bits per heavy atom. The highest BCUT2D eigenvalue weighted by atomic mass is 16.3. The van der Waals surface area contributed by atoms with Gasteiger partial charge in [0.25, 0.3) is 0 Å². The number of furan rings is 1. The van der Waals surface area contributed by atoms with Crippen molar-refractivity contribution in [3.05, 3.63) is 182 Å². The largest absolute Gasteiger partial charge is 0.455 e. The molecule has 11 aromatic rings. The molecule has 10 aromatic carbocycles. The molecule has 0 radical (unpaired) electrons. The maximum absolute atomic E-state index is 6.95. The molecular formula is C50H30O. The van der Waals surface area contributed by atoms with Gasteiger partial charge in [-0.05, 0) is 88.6 Å². The van der Waals surface area contributed by atoms with Crippen molar-refractivity contribution in [3.63, 3.8) is 0 Å². The maximum Gasteiger partial charge on any atom is 0.143 e. The zero-order valence-corrected chi connectivity index (χ0v) is 27.7. The predicted molar refractivity (Wildman–Crippen MR) is 218 cm³/mol. The zero-order valence-electron chi connectivity index (χ0n) is 27.7. The Balaban J connectivity index is 1.29. The van der Waals surface area contributed by atoms with Gasteiger partial charge in [0.05, 0.1) is 0 Å². The van der Waals surface area contributed by atoms with Gasteiger partial charge in [0.1, 0.15) is 11.2 Å². The van der Waals surface area contributed by atoms with Gasteiger partial charge >= 0.3 is 0 Å². The first kappa shape index (κ1) is 28.2. The standard InChI is InChI=1S/C50H30O/c1-2-14-31(15-3-1)34-28-29-43(38-21-9-8-20-37(34)38)46-39-22-10-12-24-41(39)47(42-25-13-11-23-40(42)46)45-30-33-17-5-7-19-36(33)50-48(45)44-27-26-32-16-4-6-18-35(32)49(44)51-50/h1-30H. The van der Waals surface area contributed by atoms with E-state index in [0.29, 0.717) is 0 Å². The first-order chi connectivity index (χ1) is 25.3. The lowest BCUT2D eigenvalue weighted by Gasteiger charge is -2.20. The molecule has 1 heteroatoms. The van der Waals surface area contributed by atoms with Gasteiger partial charge in [-0.25, -0.2) is 0 Å². The third-order valence-corrected chi connectivity index (χ3v) is 10.8. The van der Waals surface area contributed by atoms with Crippen molar-refractivity contribution in [2.75, 3.05) is 0 Å². The molecular weight excluding hydrogens is 617 g/mol. The van der Waals surface area contributed by atoms with Crippen LogP contribution in [0.2, 0.25) is 0 Å². The molecule has 0 unspecified atom stereocenters. The van der Waals surface area contributed by atoms with E-state index in [4.69, 9.17) is 4.42 Å². The van der Waals surface area contributed by atoms with Gasteiger partial charge < -0.3 is 4.42 Å². The highest BCUT2D eigenvalue weighted by Gasteiger charge is 2.23. The van der Waals surface area contributed by atoms with Crippen LogP contribution in [0.1, 0.15) is 0 Å². The molecule has 0 amide bonds. The molecule has 0 saturated heterocycles. The number of rotatable bonds is 3. The summed E-state index contributed by atoms with van der Waals surface area (Å²) in [6, 6.07) is 66.2. The number of benzene rings is 10.